The summed E-state index contributed by atoms with van der Waals surface area (Å²) in [7, 11) is 0. The third-order valence-corrected chi connectivity index (χ3v) is 2.62. The Balaban J connectivity index is 3.67. The summed E-state index contributed by atoms with van der Waals surface area (Å²) in [4.78, 5) is 10.4. The molecule has 0 aliphatic carbocycles. The van der Waals surface area contributed by atoms with Gasteiger partial charge < -0.3 is 0 Å². The summed E-state index contributed by atoms with van der Waals surface area (Å²) < 4.78 is 2.01. The zero-order valence-corrected chi connectivity index (χ0v) is 11.4. The van der Waals surface area contributed by atoms with Crippen molar-refractivity contribution >= 4 is 22.6 Å². The minimum atomic E-state index is -0.835. The van der Waals surface area contributed by atoms with E-state index < -0.39 is 5.54 Å². The van der Waals surface area contributed by atoms with Crippen LogP contribution in [0.1, 0.15) is 39.5 Å². The molecule has 0 fully saturated rings. The normalized spacial score (nSPS) is 12.7. The van der Waals surface area contributed by atoms with E-state index >= 15 is 0 Å². The molecule has 0 aromatic heterocycles. The topological polar surface area (TPSA) is 43.1 Å². The van der Waals surface area contributed by atoms with Crippen LogP contribution in [0.4, 0.5) is 0 Å². The van der Waals surface area contributed by atoms with Crippen LogP contribution in [0.5, 0.6) is 0 Å². The van der Waals surface area contributed by atoms with Gasteiger partial charge >= 0.3 is 0 Å². The Kier molecular flexibility index (Phi) is 7.64. The van der Waals surface area contributed by atoms with E-state index in [0.717, 1.165) is 19.3 Å². The summed E-state index contributed by atoms with van der Waals surface area (Å²) in [5, 5.41) is 10.6. The number of rotatable bonds is 7. The minimum Gasteiger partial charge on any atom is -0.264 e. The molecule has 3 nitrogen and oxygen atoms in total. The van der Waals surface area contributed by atoms with Gasteiger partial charge in [-0.15, -0.1) is 0 Å². The van der Waals surface area contributed by atoms with E-state index in [4.69, 9.17) is 0 Å². The van der Waals surface area contributed by atoms with Gasteiger partial charge in [0.05, 0.1) is 0 Å². The molecular formula is C11H18INO2. The van der Waals surface area contributed by atoms with Crippen LogP contribution in [0.25, 0.3) is 0 Å². The lowest BCUT2D eigenvalue weighted by Gasteiger charge is -2.12. The highest BCUT2D eigenvalue weighted by atomic mass is 127. The van der Waals surface area contributed by atoms with Crippen molar-refractivity contribution in [2.24, 2.45) is 0 Å². The monoisotopic (exact) mass is 323 g/mol. The van der Waals surface area contributed by atoms with Crippen LogP contribution in [0, 0.1) is 10.1 Å². The van der Waals surface area contributed by atoms with E-state index in [-0.39, 0.29) is 4.92 Å². The van der Waals surface area contributed by atoms with Crippen molar-refractivity contribution < 1.29 is 4.92 Å². The third-order valence-electron chi connectivity index (χ3n) is 2.11. The Morgan fingerprint density at radius 3 is 2.40 bits per heavy atom. The van der Waals surface area contributed by atoms with E-state index in [9.17, 15) is 10.1 Å². The second kappa shape index (κ2) is 7.84. The van der Waals surface area contributed by atoms with Crippen LogP contribution >= 0.6 is 22.6 Å². The fraction of sp³-hybridized carbons (Fsp3) is 0.636. The Labute approximate surface area is 105 Å². The Morgan fingerprint density at radius 1 is 1.27 bits per heavy atom. The fourth-order valence-electron chi connectivity index (χ4n) is 0.981. The number of hydrogen-bond donors (Lipinski definition) is 0. The van der Waals surface area contributed by atoms with Crippen molar-refractivity contribution in [2.75, 3.05) is 0 Å². The Bertz CT molecular complexity index is 247. The molecule has 0 aromatic carbocycles. The smallest absolute Gasteiger partial charge is 0.220 e. The van der Waals surface area contributed by atoms with Gasteiger partial charge in [-0.1, -0.05) is 40.8 Å². The van der Waals surface area contributed by atoms with Crippen molar-refractivity contribution in [3.8, 4) is 0 Å². The summed E-state index contributed by atoms with van der Waals surface area (Å²) in [6.45, 7) is 3.30. The average Bonchev–Trinajstić information content (AvgIpc) is 2.16. The number of unbranched alkanes of at least 4 members (excludes halogenated alkanes) is 2. The molecule has 0 aliphatic heterocycles. The van der Waals surface area contributed by atoms with Gasteiger partial charge in [0.25, 0.3) is 0 Å². The van der Waals surface area contributed by atoms with Gasteiger partial charge in [-0.25, -0.2) is 0 Å². The molecule has 86 valence electrons. The number of allylic oxidation sites excluding steroid dienone is 2. The standard InChI is InChI=1S/C11H18INO2/c1-11(2,13(14)15)9-7-5-3-4-6-8-10-12/h5,7-8,10H,3-4,6,9H2,1-2H3. The summed E-state index contributed by atoms with van der Waals surface area (Å²) >= 11 is 2.20. The molecule has 0 saturated carbocycles. The fourth-order valence-corrected chi connectivity index (χ4v) is 1.34. The van der Waals surface area contributed by atoms with Crippen LogP contribution in [0.3, 0.4) is 0 Å². The average molecular weight is 323 g/mol. The van der Waals surface area contributed by atoms with Crippen LogP contribution < -0.4 is 0 Å². The van der Waals surface area contributed by atoms with E-state index in [2.05, 4.69) is 28.7 Å². The predicted molar refractivity (Wildman–Crippen MR) is 71.8 cm³/mol. The quantitative estimate of drug-likeness (QED) is 0.233. The van der Waals surface area contributed by atoms with Crippen molar-refractivity contribution in [3.63, 3.8) is 0 Å². The summed E-state index contributed by atoms with van der Waals surface area (Å²) in [6.07, 6.45) is 9.75. The summed E-state index contributed by atoms with van der Waals surface area (Å²) in [5.74, 6) is 0. The van der Waals surface area contributed by atoms with Gasteiger partial charge in [0, 0.05) is 25.2 Å². The number of nitro groups is 1. The molecule has 0 unspecified atom stereocenters. The van der Waals surface area contributed by atoms with Crippen LogP contribution in [-0.2, 0) is 0 Å². The predicted octanol–water partition coefficient (Wildman–Crippen LogP) is 4.11. The first kappa shape index (κ1) is 14.6. The highest BCUT2D eigenvalue weighted by Crippen LogP contribution is 2.13. The zero-order valence-electron chi connectivity index (χ0n) is 9.28. The Morgan fingerprint density at radius 2 is 1.87 bits per heavy atom. The Hall–Kier alpha value is -0.390. The van der Waals surface area contributed by atoms with E-state index in [1.807, 2.05) is 16.2 Å². The van der Waals surface area contributed by atoms with Crippen LogP contribution in [0.15, 0.2) is 22.3 Å². The molecule has 0 N–H and O–H groups in total. The van der Waals surface area contributed by atoms with E-state index in [0.29, 0.717) is 6.42 Å². The molecule has 0 rings (SSSR count). The molecular weight excluding hydrogens is 305 g/mol. The second-order valence-electron chi connectivity index (χ2n) is 4.04. The van der Waals surface area contributed by atoms with Crippen LogP contribution in [-0.4, -0.2) is 10.5 Å². The van der Waals surface area contributed by atoms with Gasteiger partial charge in [0.15, 0.2) is 0 Å². The van der Waals surface area contributed by atoms with Gasteiger partial charge in [-0.3, -0.25) is 10.1 Å². The highest BCUT2D eigenvalue weighted by molar-refractivity contribution is 14.1. The first-order valence-corrected chi connectivity index (χ1v) is 6.30. The number of hydrogen-bond acceptors (Lipinski definition) is 2. The summed E-state index contributed by atoms with van der Waals surface area (Å²) in [6, 6.07) is 0. The molecule has 0 amide bonds. The van der Waals surface area contributed by atoms with E-state index in [1.54, 1.807) is 13.8 Å². The maximum Gasteiger partial charge on any atom is 0.220 e. The lowest BCUT2D eigenvalue weighted by molar-refractivity contribution is -0.559. The van der Waals surface area contributed by atoms with Crippen molar-refractivity contribution in [2.45, 2.75) is 45.1 Å². The molecule has 15 heavy (non-hydrogen) atoms. The highest BCUT2D eigenvalue weighted by Gasteiger charge is 2.28. The van der Waals surface area contributed by atoms with Gasteiger partial charge in [-0.05, 0) is 23.3 Å². The minimum absolute atomic E-state index is 0.226. The molecule has 0 bridgehead atoms. The maximum absolute atomic E-state index is 10.6. The molecule has 4 heteroatoms. The number of nitrogens with zero attached hydrogens (tertiary/aromatic N) is 1. The van der Waals surface area contributed by atoms with Gasteiger partial charge in [-0.2, -0.15) is 0 Å². The first-order chi connectivity index (χ1) is 7.00. The largest absolute Gasteiger partial charge is 0.264 e. The van der Waals surface area contributed by atoms with Gasteiger partial charge in [0.1, 0.15) is 0 Å². The third kappa shape index (κ3) is 7.53. The van der Waals surface area contributed by atoms with Crippen molar-refractivity contribution in [3.05, 3.63) is 32.4 Å². The van der Waals surface area contributed by atoms with Crippen molar-refractivity contribution in [1.29, 1.82) is 0 Å². The number of halogens is 1. The summed E-state index contributed by atoms with van der Waals surface area (Å²) in [5.41, 5.74) is -0.835. The molecule has 0 aliphatic rings. The first-order valence-electron chi connectivity index (χ1n) is 5.05. The van der Waals surface area contributed by atoms with Gasteiger partial charge in [0.2, 0.25) is 5.54 Å². The van der Waals surface area contributed by atoms with Crippen LogP contribution in [0.2, 0.25) is 0 Å². The molecule has 0 saturated heterocycles. The SMILES string of the molecule is CC(C)(CC=CCCCC=CI)[N+](=O)[O-]. The van der Waals surface area contributed by atoms with E-state index in [1.165, 1.54) is 0 Å². The zero-order chi connectivity index (χ0) is 11.7. The lowest BCUT2D eigenvalue weighted by atomic mass is 10.0. The second-order valence-corrected chi connectivity index (χ2v) is 4.76. The molecule has 0 aromatic rings. The molecule has 0 atom stereocenters. The molecule has 0 spiro atoms. The molecule has 0 radical (unpaired) electrons. The maximum atomic E-state index is 10.6. The lowest BCUT2D eigenvalue weighted by Crippen LogP contribution is -2.29. The molecule has 0 heterocycles. The van der Waals surface area contributed by atoms with Crippen molar-refractivity contribution in [1.82, 2.24) is 0 Å².